The number of likely N-dealkylation sites (tertiary alicyclic amines) is 1. The van der Waals surface area contributed by atoms with Crippen molar-refractivity contribution in [3.63, 3.8) is 0 Å². The highest BCUT2D eigenvalue weighted by Gasteiger charge is 2.41. The van der Waals surface area contributed by atoms with E-state index in [9.17, 15) is 19.1 Å². The summed E-state index contributed by atoms with van der Waals surface area (Å²) in [6, 6.07) is 4.40. The van der Waals surface area contributed by atoms with Gasteiger partial charge >= 0.3 is 5.97 Å². The number of carbonyl (C=O) groups excluding carboxylic acids is 1. The molecule has 2 heterocycles. The van der Waals surface area contributed by atoms with Crippen molar-refractivity contribution in [3.05, 3.63) is 35.8 Å². The monoisotopic (exact) mass is 304 g/mol. The third kappa shape index (κ3) is 2.45. The fraction of sp³-hybridized carbons (Fsp3) is 0.375. The number of hydrogen-bond donors (Lipinski definition) is 2. The van der Waals surface area contributed by atoms with Crippen LogP contribution in [0.5, 0.6) is 0 Å². The number of halogens is 1. The summed E-state index contributed by atoms with van der Waals surface area (Å²) in [7, 11) is 0. The summed E-state index contributed by atoms with van der Waals surface area (Å²) in [4.78, 5) is 28.2. The minimum absolute atomic E-state index is 0.102. The lowest BCUT2D eigenvalue weighted by Crippen LogP contribution is -2.35. The number of H-pyrrole nitrogens is 1. The van der Waals surface area contributed by atoms with Gasteiger partial charge in [-0.05, 0) is 37.1 Å². The Kier molecular flexibility index (Phi) is 3.39. The predicted molar refractivity (Wildman–Crippen MR) is 78.9 cm³/mol. The molecule has 1 aromatic carbocycles. The van der Waals surface area contributed by atoms with Crippen molar-refractivity contribution in [2.75, 3.05) is 13.1 Å². The zero-order valence-corrected chi connectivity index (χ0v) is 12.2. The van der Waals surface area contributed by atoms with Gasteiger partial charge in [-0.3, -0.25) is 9.59 Å². The van der Waals surface area contributed by atoms with E-state index < -0.39 is 11.4 Å². The Morgan fingerprint density at radius 1 is 1.45 bits per heavy atom. The molecule has 0 radical (unpaired) electrons. The van der Waals surface area contributed by atoms with Crippen molar-refractivity contribution in [2.45, 2.75) is 19.8 Å². The Morgan fingerprint density at radius 2 is 2.23 bits per heavy atom. The molecule has 1 unspecified atom stereocenters. The van der Waals surface area contributed by atoms with Gasteiger partial charge in [0.05, 0.1) is 11.8 Å². The fourth-order valence-corrected chi connectivity index (χ4v) is 2.93. The summed E-state index contributed by atoms with van der Waals surface area (Å²) < 4.78 is 13.2. The number of amides is 1. The maximum atomic E-state index is 13.2. The van der Waals surface area contributed by atoms with E-state index in [4.69, 9.17) is 0 Å². The van der Waals surface area contributed by atoms with Crippen molar-refractivity contribution >= 4 is 22.8 Å². The second-order valence-corrected chi connectivity index (χ2v) is 6.11. The maximum absolute atomic E-state index is 13.2. The number of aliphatic carboxylic acids is 1. The van der Waals surface area contributed by atoms with Crippen molar-refractivity contribution in [1.29, 1.82) is 0 Å². The van der Waals surface area contributed by atoms with Crippen LogP contribution in [0.2, 0.25) is 0 Å². The molecule has 1 aliphatic heterocycles. The van der Waals surface area contributed by atoms with Gasteiger partial charge < -0.3 is 15.0 Å². The first-order chi connectivity index (χ1) is 10.4. The Balaban J connectivity index is 1.76. The molecular formula is C16H17FN2O3. The van der Waals surface area contributed by atoms with Crippen molar-refractivity contribution in [2.24, 2.45) is 5.41 Å². The summed E-state index contributed by atoms with van der Waals surface area (Å²) in [5.74, 6) is -1.30. The Labute approximate surface area is 126 Å². The van der Waals surface area contributed by atoms with Crippen LogP contribution < -0.4 is 0 Å². The van der Waals surface area contributed by atoms with Crippen LogP contribution in [0.4, 0.5) is 4.39 Å². The molecule has 1 aliphatic rings. The third-order valence-electron chi connectivity index (χ3n) is 4.41. The summed E-state index contributed by atoms with van der Waals surface area (Å²) in [6.45, 7) is 2.36. The van der Waals surface area contributed by atoms with Gasteiger partial charge in [-0.1, -0.05) is 0 Å². The number of hydrogen-bond acceptors (Lipinski definition) is 2. The molecule has 116 valence electrons. The Hall–Kier alpha value is -2.37. The van der Waals surface area contributed by atoms with E-state index in [1.54, 1.807) is 24.1 Å². The number of benzene rings is 1. The third-order valence-corrected chi connectivity index (χ3v) is 4.41. The van der Waals surface area contributed by atoms with E-state index in [2.05, 4.69) is 4.98 Å². The van der Waals surface area contributed by atoms with Gasteiger partial charge in [0.25, 0.3) is 0 Å². The lowest BCUT2D eigenvalue weighted by molar-refractivity contribution is -0.147. The van der Waals surface area contributed by atoms with Gasteiger partial charge in [0.15, 0.2) is 0 Å². The molecule has 6 heteroatoms. The van der Waals surface area contributed by atoms with Crippen LogP contribution in [0.15, 0.2) is 24.4 Å². The smallest absolute Gasteiger partial charge is 0.311 e. The second kappa shape index (κ2) is 5.12. The molecule has 3 rings (SSSR count). The first-order valence-corrected chi connectivity index (χ1v) is 7.16. The van der Waals surface area contributed by atoms with Gasteiger partial charge in [0, 0.05) is 30.2 Å². The summed E-state index contributed by atoms with van der Waals surface area (Å²) >= 11 is 0. The van der Waals surface area contributed by atoms with Crippen LogP contribution in [-0.2, 0) is 16.0 Å². The Bertz CT molecular complexity index is 755. The molecule has 1 aromatic heterocycles. The van der Waals surface area contributed by atoms with Gasteiger partial charge in [-0.25, -0.2) is 4.39 Å². The topological polar surface area (TPSA) is 73.4 Å². The lowest BCUT2D eigenvalue weighted by atomic mass is 9.90. The number of fused-ring (bicyclic) bond motifs is 1. The molecule has 0 spiro atoms. The number of carboxylic acid groups (broad SMARTS) is 1. The molecule has 1 saturated heterocycles. The van der Waals surface area contributed by atoms with E-state index in [1.165, 1.54) is 12.1 Å². The van der Waals surface area contributed by atoms with Crippen LogP contribution in [-0.4, -0.2) is 40.0 Å². The molecule has 0 bridgehead atoms. The number of nitrogens with one attached hydrogen (secondary N) is 1. The number of carbonyl (C=O) groups is 2. The normalized spacial score (nSPS) is 21.5. The van der Waals surface area contributed by atoms with Gasteiger partial charge in [-0.2, -0.15) is 0 Å². The highest BCUT2D eigenvalue weighted by atomic mass is 19.1. The molecular weight excluding hydrogens is 287 g/mol. The van der Waals surface area contributed by atoms with Crippen LogP contribution in [0.3, 0.4) is 0 Å². The molecule has 5 nitrogen and oxygen atoms in total. The predicted octanol–water partition coefficient (Wildman–Crippen LogP) is 2.17. The fourth-order valence-electron chi connectivity index (χ4n) is 2.93. The molecule has 1 fully saturated rings. The number of rotatable bonds is 3. The minimum Gasteiger partial charge on any atom is -0.481 e. The first kappa shape index (κ1) is 14.6. The SMILES string of the molecule is CC1(C(=O)O)CCN(C(=O)Cc2c[nH]c3cc(F)ccc23)C1. The molecule has 2 N–H and O–H groups in total. The summed E-state index contributed by atoms with van der Waals surface area (Å²) in [5, 5.41) is 10.0. The van der Waals surface area contributed by atoms with Gasteiger partial charge in [0.2, 0.25) is 5.91 Å². The number of nitrogens with zero attached hydrogens (tertiary/aromatic N) is 1. The van der Waals surface area contributed by atoms with Crippen LogP contribution in [0.25, 0.3) is 10.9 Å². The van der Waals surface area contributed by atoms with Crippen LogP contribution >= 0.6 is 0 Å². The van der Waals surface area contributed by atoms with Gasteiger partial charge in [0.1, 0.15) is 5.82 Å². The van der Waals surface area contributed by atoms with Crippen molar-refractivity contribution < 1.29 is 19.1 Å². The van der Waals surface area contributed by atoms with Crippen molar-refractivity contribution in [3.8, 4) is 0 Å². The van der Waals surface area contributed by atoms with Gasteiger partial charge in [-0.15, -0.1) is 0 Å². The first-order valence-electron chi connectivity index (χ1n) is 7.16. The standard InChI is InChI=1S/C16H17FN2O3/c1-16(15(21)22)4-5-19(9-16)14(20)6-10-8-18-13-7-11(17)2-3-12(10)13/h2-3,7-8,18H,4-6,9H2,1H3,(H,21,22). The maximum Gasteiger partial charge on any atom is 0.311 e. The molecule has 0 aliphatic carbocycles. The molecule has 2 aromatic rings. The average molecular weight is 304 g/mol. The van der Waals surface area contributed by atoms with Crippen LogP contribution in [0, 0.1) is 11.2 Å². The zero-order valence-electron chi connectivity index (χ0n) is 12.2. The van der Waals surface area contributed by atoms with E-state index in [0.717, 1.165) is 10.9 Å². The van der Waals surface area contributed by atoms with E-state index in [1.807, 2.05) is 0 Å². The largest absolute Gasteiger partial charge is 0.481 e. The zero-order chi connectivity index (χ0) is 15.9. The summed E-state index contributed by atoms with van der Waals surface area (Å²) in [6.07, 6.45) is 2.35. The molecule has 1 atom stereocenters. The number of carboxylic acids is 1. The molecule has 1 amide bonds. The van der Waals surface area contributed by atoms with Crippen molar-refractivity contribution in [1.82, 2.24) is 9.88 Å². The highest BCUT2D eigenvalue weighted by molar-refractivity contribution is 5.89. The quantitative estimate of drug-likeness (QED) is 0.912. The number of aromatic amines is 1. The average Bonchev–Trinajstić information content (AvgIpc) is 3.04. The van der Waals surface area contributed by atoms with E-state index in [0.29, 0.717) is 18.5 Å². The van der Waals surface area contributed by atoms with E-state index in [-0.39, 0.29) is 24.7 Å². The second-order valence-electron chi connectivity index (χ2n) is 6.11. The lowest BCUT2D eigenvalue weighted by Gasteiger charge is -2.20. The molecule has 22 heavy (non-hydrogen) atoms. The highest BCUT2D eigenvalue weighted by Crippen LogP contribution is 2.31. The minimum atomic E-state index is -0.870. The number of aromatic nitrogens is 1. The molecule has 0 saturated carbocycles. The Morgan fingerprint density at radius 3 is 2.91 bits per heavy atom. The van der Waals surface area contributed by atoms with Crippen LogP contribution in [0.1, 0.15) is 18.9 Å². The van der Waals surface area contributed by atoms with E-state index >= 15 is 0 Å². The summed E-state index contributed by atoms with van der Waals surface area (Å²) in [5.41, 5.74) is 0.586.